The van der Waals surface area contributed by atoms with Crippen molar-refractivity contribution in [2.24, 2.45) is 46.3 Å². The molecule has 5 aliphatic rings. The number of rotatable bonds is 10. The number of fused-ring (bicyclic) bond motifs is 2. The first kappa shape index (κ1) is 29.4. The van der Waals surface area contributed by atoms with Gasteiger partial charge < -0.3 is 20.5 Å². The Hall–Kier alpha value is -2.64. The van der Waals surface area contributed by atoms with E-state index in [0.717, 1.165) is 25.7 Å². The first-order valence-corrected chi connectivity index (χ1v) is 16.2. The molecular weight excluding hydrogens is 535 g/mol. The molecule has 8 heteroatoms. The summed E-state index contributed by atoms with van der Waals surface area (Å²) in [6.07, 6.45) is 11.0. The van der Waals surface area contributed by atoms with Crippen molar-refractivity contribution in [3.8, 4) is 5.75 Å². The average Bonchev–Trinajstić information content (AvgIpc) is 3.64. The molecule has 5 saturated carbocycles. The number of benzene rings is 1. The van der Waals surface area contributed by atoms with E-state index in [9.17, 15) is 19.5 Å². The van der Waals surface area contributed by atoms with Crippen molar-refractivity contribution in [1.29, 1.82) is 0 Å². The molecule has 2 bridgehead atoms. The number of carboxylic acids is 1. The van der Waals surface area contributed by atoms with Crippen LogP contribution < -0.4 is 15.4 Å². The number of carbonyl (C=O) groups excluding carboxylic acids is 2. The lowest BCUT2D eigenvalue weighted by Crippen LogP contribution is -2.51. The van der Waals surface area contributed by atoms with Crippen LogP contribution in [0.3, 0.4) is 0 Å². The maximum Gasteiger partial charge on any atom is 0.309 e. The van der Waals surface area contributed by atoms with Gasteiger partial charge in [-0.05, 0) is 124 Å². The first-order chi connectivity index (χ1) is 20.0. The Balaban J connectivity index is 1.19. The van der Waals surface area contributed by atoms with Crippen molar-refractivity contribution in [2.75, 3.05) is 13.7 Å². The highest BCUT2D eigenvalue weighted by atomic mass is 19.1. The van der Waals surface area contributed by atoms with Crippen LogP contribution in [0.2, 0.25) is 0 Å². The fourth-order valence-corrected chi connectivity index (χ4v) is 8.94. The molecular formula is C34H47FN2O5. The van der Waals surface area contributed by atoms with Gasteiger partial charge in [-0.2, -0.15) is 0 Å². The summed E-state index contributed by atoms with van der Waals surface area (Å²) in [6, 6.07) is 2.68. The molecule has 0 saturated heterocycles. The number of methoxy groups -OCH3 is 1. The minimum absolute atomic E-state index is 0.0729. The van der Waals surface area contributed by atoms with E-state index in [2.05, 4.69) is 17.6 Å². The van der Waals surface area contributed by atoms with E-state index >= 15 is 4.39 Å². The van der Waals surface area contributed by atoms with Crippen LogP contribution >= 0.6 is 0 Å². The zero-order chi connectivity index (χ0) is 29.8. The molecule has 5 atom stereocenters. The Labute approximate surface area is 248 Å². The van der Waals surface area contributed by atoms with Crippen molar-refractivity contribution in [2.45, 2.75) is 96.9 Å². The van der Waals surface area contributed by atoms with Crippen LogP contribution in [0.4, 0.5) is 4.39 Å². The van der Waals surface area contributed by atoms with E-state index in [4.69, 9.17) is 4.74 Å². The number of hydrogen-bond acceptors (Lipinski definition) is 4. The highest BCUT2D eigenvalue weighted by Crippen LogP contribution is 2.60. The molecule has 3 N–H and O–H groups in total. The Morgan fingerprint density at radius 1 is 1.00 bits per heavy atom. The number of aliphatic carboxylic acids is 1. The number of amides is 2. The van der Waals surface area contributed by atoms with Gasteiger partial charge in [0, 0.05) is 18.7 Å². The fourth-order valence-electron chi connectivity index (χ4n) is 8.94. The number of halogens is 1. The molecule has 0 aliphatic heterocycles. The minimum Gasteiger partial charge on any atom is -0.496 e. The maximum absolute atomic E-state index is 15.2. The smallest absolute Gasteiger partial charge is 0.309 e. The summed E-state index contributed by atoms with van der Waals surface area (Å²) >= 11 is 0. The van der Waals surface area contributed by atoms with E-state index in [0.29, 0.717) is 67.5 Å². The summed E-state index contributed by atoms with van der Waals surface area (Å²) in [4.78, 5) is 39.2. The Bertz CT molecular complexity index is 1230. The van der Waals surface area contributed by atoms with Crippen LogP contribution in [-0.2, 0) is 16.0 Å². The lowest BCUT2D eigenvalue weighted by atomic mass is 9.70. The van der Waals surface area contributed by atoms with Crippen LogP contribution in [0, 0.1) is 52.2 Å². The lowest BCUT2D eigenvalue weighted by Gasteiger charge is -2.39. The summed E-state index contributed by atoms with van der Waals surface area (Å²) in [5.41, 5.74) is 0.214. The monoisotopic (exact) mass is 582 g/mol. The quantitative estimate of drug-likeness (QED) is 0.326. The molecule has 1 aromatic carbocycles. The largest absolute Gasteiger partial charge is 0.496 e. The number of nitrogens with one attached hydrogen (secondary N) is 2. The molecule has 5 fully saturated rings. The molecule has 2 amide bonds. The lowest BCUT2D eigenvalue weighted by molar-refractivity contribution is -0.150. The van der Waals surface area contributed by atoms with Crippen LogP contribution in [0.5, 0.6) is 5.75 Å². The van der Waals surface area contributed by atoms with Crippen LogP contribution in [0.1, 0.15) is 100 Å². The summed E-state index contributed by atoms with van der Waals surface area (Å²) in [7, 11) is 1.44. The molecule has 5 aliphatic carbocycles. The normalized spacial score (nSPS) is 34.9. The second-order valence-electron chi connectivity index (χ2n) is 14.9. The topological polar surface area (TPSA) is 105 Å². The van der Waals surface area contributed by atoms with Crippen molar-refractivity contribution < 1.29 is 28.6 Å². The number of ether oxygens (including phenoxy) is 1. The second kappa shape index (κ2) is 11.1. The number of carbonyl (C=O) groups is 3. The summed E-state index contributed by atoms with van der Waals surface area (Å²) < 4.78 is 20.7. The minimum atomic E-state index is -0.774. The molecule has 6 rings (SSSR count). The molecule has 7 nitrogen and oxygen atoms in total. The number of carboxylic acid groups (broad SMARTS) is 1. The molecule has 0 aromatic heterocycles. The zero-order valence-corrected chi connectivity index (χ0v) is 25.3. The van der Waals surface area contributed by atoms with Crippen molar-refractivity contribution in [3.05, 3.63) is 29.1 Å². The standard InChI is InChI=1S/C34H47FN2O5/c1-33(11-4-12-33)18-36-31(39)28-22-7-8-23(27(22)20-5-6-20)29(28)37-30(38)24-16-21(25(35)17-26(24)42-3)15-19-9-13-34(2,14-10-19)32(40)41/h16-17,19-20,22-23,27-29H,4-15,18H2,1-3H3,(H,36,39)(H,37,38)(H,40,41)/t19?,22?,23?,27-,28-,29+,34?/m0/s1. The molecule has 230 valence electrons. The van der Waals surface area contributed by atoms with Gasteiger partial charge in [-0.1, -0.05) is 13.3 Å². The van der Waals surface area contributed by atoms with Crippen molar-refractivity contribution in [1.82, 2.24) is 10.6 Å². The number of hydrogen-bond donors (Lipinski definition) is 3. The van der Waals surface area contributed by atoms with E-state index < -0.39 is 17.2 Å². The van der Waals surface area contributed by atoms with E-state index in [1.54, 1.807) is 13.0 Å². The average molecular weight is 583 g/mol. The van der Waals surface area contributed by atoms with E-state index in [-0.39, 0.29) is 46.8 Å². The van der Waals surface area contributed by atoms with E-state index in [1.807, 2.05) is 0 Å². The third-order valence-corrected chi connectivity index (χ3v) is 12.0. The van der Waals surface area contributed by atoms with Crippen molar-refractivity contribution in [3.63, 3.8) is 0 Å². The van der Waals surface area contributed by atoms with Gasteiger partial charge in [0.05, 0.1) is 24.0 Å². The van der Waals surface area contributed by atoms with Gasteiger partial charge in [-0.3, -0.25) is 14.4 Å². The fraction of sp³-hybridized carbons (Fsp3) is 0.735. The molecule has 0 heterocycles. The van der Waals surface area contributed by atoms with Gasteiger partial charge in [-0.25, -0.2) is 4.39 Å². The molecule has 0 spiro atoms. The molecule has 0 radical (unpaired) electrons. The Morgan fingerprint density at radius 2 is 1.69 bits per heavy atom. The van der Waals surface area contributed by atoms with Gasteiger partial charge in [0.15, 0.2) is 0 Å². The van der Waals surface area contributed by atoms with Crippen LogP contribution in [-0.4, -0.2) is 42.6 Å². The Kier molecular flexibility index (Phi) is 7.80. The highest BCUT2D eigenvalue weighted by molar-refractivity contribution is 5.98. The van der Waals surface area contributed by atoms with E-state index in [1.165, 1.54) is 32.4 Å². The molecule has 1 aromatic rings. The molecule has 2 unspecified atom stereocenters. The molecule has 42 heavy (non-hydrogen) atoms. The van der Waals surface area contributed by atoms with Gasteiger partial charge >= 0.3 is 5.97 Å². The van der Waals surface area contributed by atoms with Gasteiger partial charge in [0.2, 0.25) is 5.91 Å². The van der Waals surface area contributed by atoms with Gasteiger partial charge in [0.1, 0.15) is 11.6 Å². The summed E-state index contributed by atoms with van der Waals surface area (Å²) in [6.45, 7) is 4.71. The summed E-state index contributed by atoms with van der Waals surface area (Å²) in [5, 5.41) is 16.1. The van der Waals surface area contributed by atoms with Gasteiger partial charge in [0.25, 0.3) is 5.91 Å². The summed E-state index contributed by atoms with van der Waals surface area (Å²) in [5.74, 6) is 0.424. The highest BCUT2D eigenvalue weighted by Gasteiger charge is 2.61. The van der Waals surface area contributed by atoms with Crippen molar-refractivity contribution >= 4 is 17.8 Å². The second-order valence-corrected chi connectivity index (χ2v) is 14.9. The third kappa shape index (κ3) is 5.43. The third-order valence-electron chi connectivity index (χ3n) is 12.0. The van der Waals surface area contributed by atoms with Crippen LogP contribution in [0.25, 0.3) is 0 Å². The Morgan fingerprint density at radius 3 is 2.29 bits per heavy atom. The zero-order valence-electron chi connectivity index (χ0n) is 25.3. The van der Waals surface area contributed by atoms with Crippen LogP contribution in [0.15, 0.2) is 12.1 Å². The maximum atomic E-state index is 15.2. The predicted octanol–water partition coefficient (Wildman–Crippen LogP) is 5.74. The first-order valence-electron chi connectivity index (χ1n) is 16.2. The SMILES string of the molecule is COc1cc(F)c(CC2CCC(C)(C(=O)O)CC2)cc1C(=O)N[C@@H]1C2CCC([C@@H]2C2CC2)[C@@H]1C(=O)NCC1(C)CCC1. The van der Waals surface area contributed by atoms with Gasteiger partial charge in [-0.15, -0.1) is 0 Å². The predicted molar refractivity (Wildman–Crippen MR) is 156 cm³/mol.